The molecule has 0 aliphatic carbocycles. The Morgan fingerprint density at radius 2 is 1.79 bits per heavy atom. The zero-order valence-electron chi connectivity index (χ0n) is 18.7. The maximum Gasteiger partial charge on any atom is 0.274 e. The van der Waals surface area contributed by atoms with Crippen molar-refractivity contribution in [2.45, 2.75) is 18.8 Å². The van der Waals surface area contributed by atoms with Gasteiger partial charge in [0.25, 0.3) is 5.91 Å². The Kier molecular flexibility index (Phi) is 5.79. The van der Waals surface area contributed by atoms with Gasteiger partial charge in [0.1, 0.15) is 5.82 Å². The smallest absolute Gasteiger partial charge is 0.274 e. The molecule has 9 nitrogen and oxygen atoms in total. The van der Waals surface area contributed by atoms with Gasteiger partial charge in [-0.05, 0) is 37.1 Å². The predicted molar refractivity (Wildman–Crippen MR) is 126 cm³/mol. The molecule has 0 bridgehead atoms. The lowest BCUT2D eigenvalue weighted by Crippen LogP contribution is -2.49. The quantitative estimate of drug-likeness (QED) is 0.580. The molecule has 2 aliphatic rings. The molecule has 2 fully saturated rings. The summed E-state index contributed by atoms with van der Waals surface area (Å²) < 4.78 is 27.7. The molecule has 1 atom stereocenters. The Hall–Kier alpha value is -2.98. The number of piperidine rings is 1. The summed E-state index contributed by atoms with van der Waals surface area (Å²) >= 11 is 0. The molecule has 3 aromatic heterocycles. The van der Waals surface area contributed by atoms with E-state index in [1.54, 1.807) is 12.4 Å². The maximum atomic E-state index is 13.5. The lowest BCUT2D eigenvalue weighted by Gasteiger charge is -2.35. The van der Waals surface area contributed by atoms with Gasteiger partial charge in [-0.2, -0.15) is 0 Å². The number of carbonyl (C=O) groups excluding carboxylic acids is 1. The SMILES string of the molecule is CS(=O)(=O)N1CCCC(c2nc(C(=O)N3CCN(c4ccncc4)CC3)c3ccccn23)C1. The van der Waals surface area contributed by atoms with Crippen molar-refractivity contribution in [3.8, 4) is 0 Å². The van der Waals surface area contributed by atoms with Gasteiger partial charge in [0.05, 0.1) is 11.8 Å². The average molecular weight is 469 g/mol. The highest BCUT2D eigenvalue weighted by molar-refractivity contribution is 7.88. The van der Waals surface area contributed by atoms with Gasteiger partial charge in [0, 0.05) is 69.5 Å². The number of imidazole rings is 1. The normalized spacial score (nSPS) is 20.3. The highest BCUT2D eigenvalue weighted by atomic mass is 32.2. The molecule has 0 N–H and O–H groups in total. The van der Waals surface area contributed by atoms with Crippen molar-refractivity contribution in [2.75, 3.05) is 50.4 Å². The zero-order chi connectivity index (χ0) is 23.0. The van der Waals surface area contributed by atoms with E-state index in [2.05, 4.69) is 9.88 Å². The summed E-state index contributed by atoms with van der Waals surface area (Å²) in [6.07, 6.45) is 8.34. The number of pyridine rings is 2. The van der Waals surface area contributed by atoms with E-state index in [1.165, 1.54) is 10.6 Å². The molecular formula is C23H28N6O3S. The van der Waals surface area contributed by atoms with Crippen LogP contribution in [0.3, 0.4) is 0 Å². The van der Waals surface area contributed by atoms with E-state index < -0.39 is 10.0 Å². The van der Waals surface area contributed by atoms with E-state index in [1.807, 2.05) is 45.8 Å². The van der Waals surface area contributed by atoms with Crippen LogP contribution in [0, 0.1) is 0 Å². The van der Waals surface area contributed by atoms with Gasteiger partial charge >= 0.3 is 0 Å². The first-order valence-electron chi connectivity index (χ1n) is 11.3. The number of rotatable bonds is 4. The largest absolute Gasteiger partial charge is 0.368 e. The van der Waals surface area contributed by atoms with Crippen molar-refractivity contribution in [1.82, 2.24) is 23.6 Å². The summed E-state index contributed by atoms with van der Waals surface area (Å²) in [6.45, 7) is 3.67. The van der Waals surface area contributed by atoms with Crippen LogP contribution in [0.5, 0.6) is 0 Å². The Bertz CT molecular complexity index is 1250. The van der Waals surface area contributed by atoms with Gasteiger partial charge in [-0.25, -0.2) is 17.7 Å². The van der Waals surface area contributed by atoms with Crippen LogP contribution in [0.4, 0.5) is 5.69 Å². The summed E-state index contributed by atoms with van der Waals surface area (Å²) in [5, 5.41) is 0. The second-order valence-corrected chi connectivity index (χ2v) is 10.7. The van der Waals surface area contributed by atoms with Crippen LogP contribution in [0.15, 0.2) is 48.9 Å². The number of piperazine rings is 1. The van der Waals surface area contributed by atoms with E-state index in [9.17, 15) is 13.2 Å². The number of fused-ring (bicyclic) bond motifs is 1. The highest BCUT2D eigenvalue weighted by Crippen LogP contribution is 2.30. The predicted octanol–water partition coefficient (Wildman–Crippen LogP) is 1.83. The van der Waals surface area contributed by atoms with Crippen LogP contribution in [-0.4, -0.2) is 83.4 Å². The van der Waals surface area contributed by atoms with E-state index in [0.29, 0.717) is 31.9 Å². The van der Waals surface area contributed by atoms with E-state index in [0.717, 1.165) is 43.0 Å². The Morgan fingerprint density at radius 3 is 2.52 bits per heavy atom. The monoisotopic (exact) mass is 468 g/mol. The fourth-order valence-corrected chi connectivity index (χ4v) is 5.75. The van der Waals surface area contributed by atoms with Crippen molar-refractivity contribution in [3.05, 3.63) is 60.4 Å². The second-order valence-electron chi connectivity index (χ2n) is 8.72. The molecule has 5 heterocycles. The zero-order valence-corrected chi connectivity index (χ0v) is 19.5. The Morgan fingerprint density at radius 1 is 1.03 bits per heavy atom. The van der Waals surface area contributed by atoms with Gasteiger partial charge in [0.2, 0.25) is 10.0 Å². The minimum atomic E-state index is -3.26. The summed E-state index contributed by atoms with van der Waals surface area (Å²) in [6, 6.07) is 9.70. The van der Waals surface area contributed by atoms with Crippen molar-refractivity contribution in [2.24, 2.45) is 0 Å². The third kappa shape index (κ3) is 4.32. The Balaban J connectivity index is 1.39. The number of aromatic nitrogens is 3. The van der Waals surface area contributed by atoms with Crippen molar-refractivity contribution in [1.29, 1.82) is 0 Å². The lowest BCUT2D eigenvalue weighted by molar-refractivity contribution is 0.0743. The maximum absolute atomic E-state index is 13.5. The molecular weight excluding hydrogens is 440 g/mol. The standard InChI is InChI=1S/C23H28N6O3S/c1-33(31,32)28-11-4-5-18(17-28)22-25-21(20-6-2-3-12-29(20)22)23(30)27-15-13-26(14-16-27)19-7-9-24-10-8-19/h2-3,6-10,12,18H,4-5,11,13-17H2,1H3. The van der Waals surface area contributed by atoms with E-state index >= 15 is 0 Å². The van der Waals surface area contributed by atoms with Crippen LogP contribution in [-0.2, 0) is 10.0 Å². The molecule has 2 aliphatic heterocycles. The van der Waals surface area contributed by atoms with Crippen LogP contribution >= 0.6 is 0 Å². The number of amides is 1. The number of hydrogen-bond acceptors (Lipinski definition) is 6. The first-order valence-corrected chi connectivity index (χ1v) is 13.1. The summed E-state index contributed by atoms with van der Waals surface area (Å²) in [5.74, 6) is 0.640. The second kappa shape index (κ2) is 8.75. The molecule has 33 heavy (non-hydrogen) atoms. The van der Waals surface area contributed by atoms with Crippen molar-refractivity contribution in [3.63, 3.8) is 0 Å². The molecule has 3 aromatic rings. The molecule has 0 radical (unpaired) electrons. The fraction of sp³-hybridized carbons (Fsp3) is 0.435. The molecule has 0 spiro atoms. The molecule has 5 rings (SSSR count). The van der Waals surface area contributed by atoms with Gasteiger partial charge in [-0.1, -0.05) is 6.07 Å². The fourth-order valence-electron chi connectivity index (χ4n) is 4.83. The number of sulfonamides is 1. The van der Waals surface area contributed by atoms with Crippen LogP contribution < -0.4 is 4.90 Å². The van der Waals surface area contributed by atoms with Crippen molar-refractivity contribution < 1.29 is 13.2 Å². The van der Waals surface area contributed by atoms with E-state index in [4.69, 9.17) is 4.98 Å². The molecule has 10 heteroatoms. The summed E-state index contributed by atoms with van der Waals surface area (Å²) in [4.78, 5) is 26.5. The minimum Gasteiger partial charge on any atom is -0.368 e. The number of hydrogen-bond donors (Lipinski definition) is 0. The highest BCUT2D eigenvalue weighted by Gasteiger charge is 2.32. The minimum absolute atomic E-state index is 0.0477. The summed E-state index contributed by atoms with van der Waals surface area (Å²) in [7, 11) is -3.26. The van der Waals surface area contributed by atoms with Crippen LogP contribution in [0.1, 0.15) is 35.1 Å². The third-order valence-electron chi connectivity index (χ3n) is 6.59. The molecule has 174 valence electrons. The average Bonchev–Trinajstić information content (AvgIpc) is 3.24. The molecule has 1 unspecified atom stereocenters. The molecule has 0 saturated carbocycles. The first-order chi connectivity index (χ1) is 15.9. The van der Waals surface area contributed by atoms with Gasteiger partial charge in [-0.15, -0.1) is 0 Å². The third-order valence-corrected chi connectivity index (χ3v) is 7.86. The number of anilines is 1. The van der Waals surface area contributed by atoms with Crippen LogP contribution in [0.2, 0.25) is 0 Å². The van der Waals surface area contributed by atoms with Crippen LogP contribution in [0.25, 0.3) is 5.52 Å². The number of carbonyl (C=O) groups is 1. The molecule has 0 aromatic carbocycles. The topological polar surface area (TPSA) is 91.1 Å². The number of nitrogens with zero attached hydrogens (tertiary/aromatic N) is 6. The molecule has 2 saturated heterocycles. The Labute approximate surface area is 193 Å². The van der Waals surface area contributed by atoms with Crippen molar-refractivity contribution >= 4 is 27.1 Å². The van der Waals surface area contributed by atoms with Gasteiger partial charge < -0.3 is 14.2 Å². The lowest BCUT2D eigenvalue weighted by atomic mass is 9.99. The van der Waals surface area contributed by atoms with Gasteiger partial charge in [0.15, 0.2) is 5.69 Å². The van der Waals surface area contributed by atoms with E-state index in [-0.39, 0.29) is 11.8 Å². The van der Waals surface area contributed by atoms with Gasteiger partial charge in [-0.3, -0.25) is 9.78 Å². The molecule has 1 amide bonds. The summed E-state index contributed by atoms with van der Waals surface area (Å²) in [5.41, 5.74) is 2.32. The first kappa shape index (κ1) is 21.8.